The van der Waals surface area contributed by atoms with Crippen LogP contribution in [0.4, 0.5) is 9.59 Å². The molecule has 1 aromatic rings. The standard InChI is InChI=1S/C23H36N4O3/c1-3-30-23(29)27-14-10-21(11-15-27)25-22(28)24-16-19-4-6-20(7-5-19)17-26-12-8-18(2)9-13-26/h4-7,18,21H,3,8-17H2,1-2H3,(H2,24,25,28). The highest BCUT2D eigenvalue weighted by molar-refractivity contribution is 5.74. The Bertz CT molecular complexity index is 678. The third kappa shape index (κ3) is 6.90. The number of hydrogen-bond acceptors (Lipinski definition) is 4. The highest BCUT2D eigenvalue weighted by Gasteiger charge is 2.24. The van der Waals surface area contributed by atoms with Crippen LogP contribution in [0.25, 0.3) is 0 Å². The van der Waals surface area contributed by atoms with Gasteiger partial charge in [0.05, 0.1) is 6.61 Å². The Morgan fingerprint density at radius 3 is 2.27 bits per heavy atom. The first-order valence-corrected chi connectivity index (χ1v) is 11.3. The van der Waals surface area contributed by atoms with Gasteiger partial charge in [0, 0.05) is 32.2 Å². The molecule has 0 aromatic heterocycles. The van der Waals surface area contributed by atoms with Crippen LogP contribution in [-0.2, 0) is 17.8 Å². The van der Waals surface area contributed by atoms with Gasteiger partial charge in [0.1, 0.15) is 0 Å². The first kappa shape index (κ1) is 22.4. The van der Waals surface area contributed by atoms with Crippen LogP contribution in [0.5, 0.6) is 0 Å². The minimum absolute atomic E-state index is 0.0883. The molecular weight excluding hydrogens is 380 g/mol. The molecule has 0 saturated carbocycles. The highest BCUT2D eigenvalue weighted by Crippen LogP contribution is 2.18. The van der Waals surface area contributed by atoms with E-state index >= 15 is 0 Å². The lowest BCUT2D eigenvalue weighted by Gasteiger charge is -2.31. The van der Waals surface area contributed by atoms with Crippen LogP contribution in [0.3, 0.4) is 0 Å². The van der Waals surface area contributed by atoms with Crippen molar-refractivity contribution >= 4 is 12.1 Å². The molecule has 0 bridgehead atoms. The first-order valence-electron chi connectivity index (χ1n) is 11.3. The van der Waals surface area contributed by atoms with Gasteiger partial charge >= 0.3 is 12.1 Å². The van der Waals surface area contributed by atoms with Gasteiger partial charge in [-0.1, -0.05) is 31.2 Å². The van der Waals surface area contributed by atoms with Crippen molar-refractivity contribution in [2.45, 2.75) is 58.7 Å². The van der Waals surface area contributed by atoms with Crippen LogP contribution in [0, 0.1) is 5.92 Å². The topological polar surface area (TPSA) is 73.9 Å². The summed E-state index contributed by atoms with van der Waals surface area (Å²) < 4.78 is 5.02. The van der Waals surface area contributed by atoms with Gasteiger partial charge in [0.2, 0.25) is 0 Å². The zero-order valence-electron chi connectivity index (χ0n) is 18.4. The predicted octanol–water partition coefficient (Wildman–Crippen LogP) is 3.34. The monoisotopic (exact) mass is 416 g/mol. The molecule has 3 amide bonds. The number of benzene rings is 1. The molecule has 0 unspecified atom stereocenters. The van der Waals surface area contributed by atoms with Crippen molar-refractivity contribution < 1.29 is 14.3 Å². The number of urea groups is 1. The molecule has 0 radical (unpaired) electrons. The van der Waals surface area contributed by atoms with E-state index in [0.717, 1.165) is 30.9 Å². The van der Waals surface area contributed by atoms with Gasteiger partial charge in [-0.3, -0.25) is 4.90 Å². The summed E-state index contributed by atoms with van der Waals surface area (Å²) in [7, 11) is 0. The largest absolute Gasteiger partial charge is 0.450 e. The third-order valence-corrected chi connectivity index (χ3v) is 6.11. The van der Waals surface area contributed by atoms with Crippen LogP contribution in [0.1, 0.15) is 50.7 Å². The summed E-state index contributed by atoms with van der Waals surface area (Å²) in [6, 6.07) is 8.46. The number of carbonyl (C=O) groups excluding carboxylic acids is 2. The van der Waals surface area contributed by atoms with E-state index in [9.17, 15) is 9.59 Å². The number of likely N-dealkylation sites (tertiary alicyclic amines) is 2. The van der Waals surface area contributed by atoms with Gasteiger partial charge in [-0.25, -0.2) is 9.59 Å². The van der Waals surface area contributed by atoms with Crippen molar-refractivity contribution in [3.8, 4) is 0 Å². The van der Waals surface area contributed by atoms with Gasteiger partial charge in [-0.2, -0.15) is 0 Å². The van der Waals surface area contributed by atoms with Crippen LogP contribution in [-0.4, -0.2) is 60.8 Å². The summed E-state index contributed by atoms with van der Waals surface area (Å²) in [6.07, 6.45) is 3.81. The molecule has 2 heterocycles. The second kappa shape index (κ2) is 11.2. The molecule has 2 aliphatic rings. The Kier molecular flexibility index (Phi) is 8.37. The van der Waals surface area contributed by atoms with Crippen LogP contribution in [0.2, 0.25) is 0 Å². The van der Waals surface area contributed by atoms with Gasteiger partial charge in [-0.05, 0) is 62.7 Å². The number of ether oxygens (including phenoxy) is 1. The van der Waals surface area contributed by atoms with E-state index in [2.05, 4.69) is 46.7 Å². The average molecular weight is 417 g/mol. The zero-order chi connectivity index (χ0) is 21.3. The summed E-state index contributed by atoms with van der Waals surface area (Å²) in [5, 5.41) is 5.95. The lowest BCUT2D eigenvalue weighted by atomic mass is 9.99. The number of rotatable bonds is 6. The molecule has 2 aliphatic heterocycles. The molecular formula is C23H36N4O3. The smallest absolute Gasteiger partial charge is 0.409 e. The van der Waals surface area contributed by atoms with E-state index < -0.39 is 0 Å². The minimum Gasteiger partial charge on any atom is -0.450 e. The van der Waals surface area contributed by atoms with Crippen molar-refractivity contribution in [3.63, 3.8) is 0 Å². The van der Waals surface area contributed by atoms with Crippen LogP contribution < -0.4 is 10.6 Å². The molecule has 2 saturated heterocycles. The molecule has 3 rings (SSSR count). The summed E-state index contributed by atoms with van der Waals surface area (Å²) in [5.41, 5.74) is 2.42. The Morgan fingerprint density at radius 2 is 1.63 bits per heavy atom. The number of nitrogens with zero attached hydrogens (tertiary/aromatic N) is 2. The average Bonchev–Trinajstić information content (AvgIpc) is 2.75. The first-order chi connectivity index (χ1) is 14.5. The van der Waals surface area contributed by atoms with Crippen molar-refractivity contribution in [2.24, 2.45) is 5.92 Å². The van der Waals surface area contributed by atoms with Gasteiger partial charge < -0.3 is 20.3 Å². The molecule has 166 valence electrons. The Labute approximate surface area is 180 Å². The second-order valence-corrected chi connectivity index (χ2v) is 8.56. The summed E-state index contributed by atoms with van der Waals surface area (Å²) in [6.45, 7) is 9.63. The molecule has 2 N–H and O–H groups in total. The fourth-order valence-electron chi connectivity index (χ4n) is 4.08. The van der Waals surface area contributed by atoms with Crippen LogP contribution >= 0.6 is 0 Å². The molecule has 30 heavy (non-hydrogen) atoms. The quantitative estimate of drug-likeness (QED) is 0.746. The van der Waals surface area contributed by atoms with E-state index in [-0.39, 0.29) is 18.2 Å². The van der Waals surface area contributed by atoms with E-state index in [1.54, 1.807) is 11.8 Å². The van der Waals surface area contributed by atoms with Gasteiger partial charge in [0.15, 0.2) is 0 Å². The number of amides is 3. The molecule has 1 aromatic carbocycles. The second-order valence-electron chi connectivity index (χ2n) is 8.56. The minimum atomic E-state index is -0.265. The molecule has 7 nitrogen and oxygen atoms in total. The molecule has 0 spiro atoms. The number of nitrogens with one attached hydrogen (secondary N) is 2. The van der Waals surface area contributed by atoms with Crippen molar-refractivity contribution in [2.75, 3.05) is 32.8 Å². The van der Waals surface area contributed by atoms with Crippen molar-refractivity contribution in [1.82, 2.24) is 20.4 Å². The van der Waals surface area contributed by atoms with Crippen molar-refractivity contribution in [3.05, 3.63) is 35.4 Å². The van der Waals surface area contributed by atoms with Gasteiger partial charge in [0.25, 0.3) is 0 Å². The maximum atomic E-state index is 12.2. The molecule has 7 heteroatoms. The maximum Gasteiger partial charge on any atom is 0.409 e. The molecule has 0 atom stereocenters. The number of carbonyl (C=O) groups is 2. The van der Waals surface area contributed by atoms with E-state index in [0.29, 0.717) is 26.2 Å². The highest BCUT2D eigenvalue weighted by atomic mass is 16.6. The van der Waals surface area contributed by atoms with E-state index in [4.69, 9.17) is 4.74 Å². The maximum absolute atomic E-state index is 12.2. The van der Waals surface area contributed by atoms with Gasteiger partial charge in [-0.15, -0.1) is 0 Å². The number of piperidine rings is 2. The SMILES string of the molecule is CCOC(=O)N1CCC(NC(=O)NCc2ccc(CN3CCC(C)CC3)cc2)CC1. The zero-order valence-corrected chi connectivity index (χ0v) is 18.4. The fourth-order valence-corrected chi connectivity index (χ4v) is 4.08. The summed E-state index contributed by atoms with van der Waals surface area (Å²) in [5.74, 6) is 0.853. The van der Waals surface area contributed by atoms with E-state index in [1.165, 1.54) is 31.5 Å². The third-order valence-electron chi connectivity index (χ3n) is 6.11. The van der Waals surface area contributed by atoms with E-state index in [1.807, 2.05) is 0 Å². The Morgan fingerprint density at radius 1 is 1.00 bits per heavy atom. The predicted molar refractivity (Wildman–Crippen MR) is 117 cm³/mol. The summed E-state index contributed by atoms with van der Waals surface area (Å²) in [4.78, 5) is 28.2. The Hall–Kier alpha value is -2.28. The fraction of sp³-hybridized carbons (Fsp3) is 0.652. The normalized spacial score (nSPS) is 18.8. The summed E-state index contributed by atoms with van der Waals surface area (Å²) >= 11 is 0. The number of hydrogen-bond donors (Lipinski definition) is 2. The lowest BCUT2D eigenvalue weighted by Crippen LogP contribution is -2.49. The Balaban J connectivity index is 1.34. The van der Waals surface area contributed by atoms with Crippen molar-refractivity contribution in [1.29, 1.82) is 0 Å². The van der Waals surface area contributed by atoms with Crippen LogP contribution in [0.15, 0.2) is 24.3 Å². The molecule has 0 aliphatic carbocycles. The molecule has 2 fully saturated rings. The lowest BCUT2D eigenvalue weighted by molar-refractivity contribution is 0.0957.